The van der Waals surface area contributed by atoms with Gasteiger partial charge in [0.25, 0.3) is 0 Å². The highest BCUT2D eigenvalue weighted by atomic mass is 32.1. The lowest BCUT2D eigenvalue weighted by Crippen LogP contribution is -2.27. The Morgan fingerprint density at radius 3 is 2.81 bits per heavy atom. The maximum Gasteiger partial charge on any atom is 0.238 e. The predicted molar refractivity (Wildman–Crippen MR) is 140 cm³/mol. The normalized spacial score (nSPS) is 11.5. The van der Waals surface area contributed by atoms with Crippen molar-refractivity contribution in [1.29, 1.82) is 0 Å². The lowest BCUT2D eigenvalue weighted by molar-refractivity contribution is -0.116. The van der Waals surface area contributed by atoms with Crippen molar-refractivity contribution in [2.45, 2.75) is 0 Å². The van der Waals surface area contributed by atoms with Gasteiger partial charge in [0.2, 0.25) is 5.91 Å². The molecular formula is C25H21N9OS. The number of hydrogen-bond donors (Lipinski definition) is 3. The summed E-state index contributed by atoms with van der Waals surface area (Å²) in [6.45, 7) is 0.286. The molecule has 0 aliphatic rings. The maximum absolute atomic E-state index is 12.2. The van der Waals surface area contributed by atoms with Crippen LogP contribution >= 0.6 is 11.3 Å². The number of aromatic amines is 2. The molecule has 3 N–H and O–H groups in total. The number of carbonyl (C=O) groups is 1. The minimum Gasteiger partial charge on any atom is -0.335 e. The molecule has 6 aromatic rings. The summed E-state index contributed by atoms with van der Waals surface area (Å²) in [6, 6.07) is 7.87. The Hall–Kier alpha value is -4.48. The van der Waals surface area contributed by atoms with Crippen molar-refractivity contribution in [2.75, 3.05) is 26.0 Å². The van der Waals surface area contributed by atoms with Crippen LogP contribution in [0.5, 0.6) is 0 Å². The number of hydrogen-bond acceptors (Lipinski definition) is 8. The van der Waals surface area contributed by atoms with E-state index in [0.29, 0.717) is 22.9 Å². The summed E-state index contributed by atoms with van der Waals surface area (Å²) in [5.74, 6) is 0.530. The van der Waals surface area contributed by atoms with Crippen molar-refractivity contribution >= 4 is 44.9 Å². The van der Waals surface area contributed by atoms with Crippen LogP contribution in [0.15, 0.2) is 60.6 Å². The van der Waals surface area contributed by atoms with Gasteiger partial charge in [-0.1, -0.05) is 6.07 Å². The summed E-state index contributed by atoms with van der Waals surface area (Å²) in [6.07, 6.45) is 8.68. The van der Waals surface area contributed by atoms with Gasteiger partial charge in [-0.3, -0.25) is 24.8 Å². The first kappa shape index (κ1) is 22.0. The number of carbonyl (C=O) groups excluding carboxylic acids is 1. The van der Waals surface area contributed by atoms with E-state index in [-0.39, 0.29) is 12.5 Å². The summed E-state index contributed by atoms with van der Waals surface area (Å²) in [7, 11) is 3.69. The van der Waals surface area contributed by atoms with Gasteiger partial charge in [-0.05, 0) is 37.7 Å². The Morgan fingerprint density at radius 2 is 1.97 bits per heavy atom. The van der Waals surface area contributed by atoms with Gasteiger partial charge >= 0.3 is 0 Å². The topological polar surface area (TPSA) is 128 Å². The van der Waals surface area contributed by atoms with Crippen LogP contribution in [0.1, 0.15) is 0 Å². The average Bonchev–Trinajstić information content (AvgIpc) is 3.62. The van der Waals surface area contributed by atoms with Crippen LogP contribution in [-0.4, -0.2) is 66.6 Å². The molecule has 6 aromatic heterocycles. The van der Waals surface area contributed by atoms with Gasteiger partial charge in [0.1, 0.15) is 11.2 Å². The number of nitrogens with one attached hydrogen (secondary N) is 3. The van der Waals surface area contributed by atoms with Gasteiger partial charge in [0.05, 0.1) is 47.6 Å². The Balaban J connectivity index is 1.38. The van der Waals surface area contributed by atoms with Crippen molar-refractivity contribution in [3.8, 4) is 33.2 Å². The van der Waals surface area contributed by atoms with Crippen LogP contribution in [0.3, 0.4) is 0 Å². The zero-order valence-corrected chi connectivity index (χ0v) is 20.3. The van der Waals surface area contributed by atoms with E-state index in [1.807, 2.05) is 43.9 Å². The molecule has 6 rings (SSSR count). The van der Waals surface area contributed by atoms with E-state index in [1.165, 1.54) is 0 Å². The van der Waals surface area contributed by atoms with E-state index in [9.17, 15) is 4.79 Å². The second-order valence-corrected chi connectivity index (χ2v) is 9.53. The maximum atomic E-state index is 12.2. The van der Waals surface area contributed by atoms with Crippen molar-refractivity contribution in [1.82, 2.24) is 40.0 Å². The Kier molecular flexibility index (Phi) is 5.47. The van der Waals surface area contributed by atoms with Crippen LogP contribution in [0.2, 0.25) is 0 Å². The third-order valence-electron chi connectivity index (χ3n) is 5.63. The molecule has 36 heavy (non-hydrogen) atoms. The van der Waals surface area contributed by atoms with E-state index in [2.05, 4.69) is 41.5 Å². The molecule has 1 amide bonds. The monoisotopic (exact) mass is 495 g/mol. The number of aromatic nitrogens is 7. The van der Waals surface area contributed by atoms with Crippen LogP contribution in [-0.2, 0) is 4.79 Å². The molecule has 0 unspecified atom stereocenters. The molecule has 0 spiro atoms. The fourth-order valence-electron chi connectivity index (χ4n) is 4.05. The molecule has 6 heterocycles. The highest BCUT2D eigenvalue weighted by molar-refractivity contribution is 7.13. The fraction of sp³-hybridized carbons (Fsp3) is 0.120. The molecule has 0 aromatic carbocycles. The third-order valence-corrected chi connectivity index (χ3v) is 6.53. The summed E-state index contributed by atoms with van der Waals surface area (Å²) in [4.78, 5) is 36.6. The van der Waals surface area contributed by atoms with Crippen LogP contribution in [0.25, 0.3) is 55.2 Å². The lowest BCUT2D eigenvalue weighted by Gasteiger charge is -2.10. The Labute approximate surface area is 209 Å². The lowest BCUT2D eigenvalue weighted by atomic mass is 10.1. The number of thiophene rings is 1. The molecular weight excluding hydrogens is 474 g/mol. The molecule has 11 heteroatoms. The van der Waals surface area contributed by atoms with Crippen LogP contribution in [0, 0.1) is 0 Å². The van der Waals surface area contributed by atoms with Crippen molar-refractivity contribution in [3.63, 3.8) is 0 Å². The smallest absolute Gasteiger partial charge is 0.238 e. The zero-order valence-electron chi connectivity index (χ0n) is 19.5. The Bertz CT molecular complexity index is 1700. The minimum absolute atomic E-state index is 0.110. The minimum atomic E-state index is -0.110. The molecule has 0 aliphatic heterocycles. The largest absolute Gasteiger partial charge is 0.335 e. The van der Waals surface area contributed by atoms with Gasteiger partial charge in [-0.15, -0.1) is 11.3 Å². The van der Waals surface area contributed by atoms with E-state index in [1.54, 1.807) is 41.0 Å². The predicted octanol–water partition coefficient (Wildman–Crippen LogP) is 4.19. The summed E-state index contributed by atoms with van der Waals surface area (Å²) >= 11 is 1.65. The number of anilines is 1. The quantitative estimate of drug-likeness (QED) is 0.316. The van der Waals surface area contributed by atoms with E-state index in [4.69, 9.17) is 4.98 Å². The van der Waals surface area contributed by atoms with E-state index >= 15 is 0 Å². The first-order chi connectivity index (χ1) is 17.5. The highest BCUT2D eigenvalue weighted by Gasteiger charge is 2.17. The third kappa shape index (κ3) is 4.10. The summed E-state index contributed by atoms with van der Waals surface area (Å²) in [5.41, 5.74) is 6.23. The molecule has 0 saturated heterocycles. The molecule has 0 saturated carbocycles. The number of fused-ring (bicyclic) bond motifs is 2. The Morgan fingerprint density at radius 1 is 1.08 bits per heavy atom. The van der Waals surface area contributed by atoms with Crippen molar-refractivity contribution in [2.24, 2.45) is 0 Å². The molecule has 0 atom stereocenters. The zero-order chi connectivity index (χ0) is 24.6. The van der Waals surface area contributed by atoms with Gasteiger partial charge in [0, 0.05) is 33.8 Å². The number of rotatable bonds is 6. The van der Waals surface area contributed by atoms with E-state index in [0.717, 1.165) is 37.9 Å². The number of amides is 1. The van der Waals surface area contributed by atoms with Crippen molar-refractivity contribution < 1.29 is 4.79 Å². The molecule has 0 aliphatic carbocycles. The van der Waals surface area contributed by atoms with Gasteiger partial charge in [0.15, 0.2) is 5.82 Å². The first-order valence-corrected chi connectivity index (χ1v) is 12.1. The SMILES string of the molecule is CN(C)CC(=O)Nc1cncc(-c2cc3c(-c4nc5c(-c6cccs6)cncc5[nH]4)n[nH]c3cn2)c1. The van der Waals surface area contributed by atoms with Crippen molar-refractivity contribution in [3.05, 3.63) is 60.6 Å². The summed E-state index contributed by atoms with van der Waals surface area (Å²) < 4.78 is 0. The highest BCUT2D eigenvalue weighted by Crippen LogP contribution is 2.33. The second-order valence-electron chi connectivity index (χ2n) is 8.58. The van der Waals surface area contributed by atoms with Gasteiger partial charge in [-0.2, -0.15) is 5.10 Å². The standard InChI is InChI=1S/C25H21N9OS/c1-34(2)13-22(35)29-15-6-14(8-26-9-15)18-7-16-19(12-28-18)32-33-24(16)25-30-20-11-27-10-17(23(20)31-25)21-4-3-5-36-21/h3-12H,13H2,1-2H3,(H,29,35)(H,30,31)(H,32,33). The summed E-state index contributed by atoms with van der Waals surface area (Å²) in [5, 5.41) is 13.3. The number of nitrogens with zero attached hydrogens (tertiary/aromatic N) is 6. The molecule has 0 radical (unpaired) electrons. The molecule has 178 valence electrons. The number of likely N-dealkylation sites (N-methyl/N-ethyl adjacent to an activating group) is 1. The molecule has 0 bridgehead atoms. The van der Waals surface area contributed by atoms with Crippen LogP contribution < -0.4 is 5.32 Å². The average molecular weight is 496 g/mol. The number of imidazole rings is 1. The van der Waals surface area contributed by atoms with E-state index < -0.39 is 0 Å². The first-order valence-electron chi connectivity index (χ1n) is 11.2. The molecule has 10 nitrogen and oxygen atoms in total. The number of H-pyrrole nitrogens is 2. The fourth-order valence-corrected chi connectivity index (χ4v) is 4.79. The second kappa shape index (κ2) is 8.95. The molecule has 0 fully saturated rings. The van der Waals surface area contributed by atoms with Gasteiger partial charge < -0.3 is 15.2 Å². The van der Waals surface area contributed by atoms with Gasteiger partial charge in [-0.25, -0.2) is 4.98 Å². The van der Waals surface area contributed by atoms with Crippen LogP contribution in [0.4, 0.5) is 5.69 Å². The number of pyridine rings is 3.